The number of hydrogen-bond donors (Lipinski definition) is 7. The number of aromatic nitrogens is 9. The molecule has 101 heavy (non-hydrogen) atoms. The number of nitrogen functional groups attached to an aromatic ring is 3. The van der Waals surface area contributed by atoms with Crippen LogP contribution in [0.25, 0.3) is 32.7 Å². The van der Waals surface area contributed by atoms with Gasteiger partial charge in [-0.1, -0.05) is 42.2 Å². The number of fused-ring (bicyclic) bond motifs is 3. The number of carbonyl (C=O) groups is 3. The Balaban J connectivity index is 0.000000221. The lowest BCUT2D eigenvalue weighted by Gasteiger charge is -2.10. The Morgan fingerprint density at radius 3 is 1.09 bits per heavy atom. The number of benzene rings is 3. The van der Waals surface area contributed by atoms with Crippen LogP contribution >= 0.6 is 47.2 Å². The number of hydrogen-bond acceptors (Lipinski definition) is 19. The highest BCUT2D eigenvalue weighted by molar-refractivity contribution is 6.31. The fraction of sp³-hybridized carbons (Fsp3) is 0.149. The maximum absolute atomic E-state index is 12.7. The molecular weight excluding hydrogens is 1370 g/mol. The smallest absolute Gasteiger partial charge is 0.335 e. The molecule has 12 aromatic rings. The number of carbonyl (C=O) groups excluding carboxylic acids is 2. The zero-order chi connectivity index (χ0) is 72.0. The number of nitrogens with zero attached hydrogens (tertiary/aromatic N) is 12. The first kappa shape index (κ1) is 76.5. The lowest BCUT2D eigenvalue weighted by molar-refractivity contribution is 0.0696. The lowest BCUT2D eigenvalue weighted by Crippen LogP contribution is -2.23. The highest BCUT2D eigenvalue weighted by Crippen LogP contribution is 2.27. The number of nitrogens with one attached hydrogen (secondary N) is 2. The molecule has 0 radical (unpaired) electrons. The van der Waals surface area contributed by atoms with Crippen molar-refractivity contribution in [2.24, 2.45) is 5.73 Å². The summed E-state index contributed by atoms with van der Waals surface area (Å²) in [6, 6.07) is 38.0. The van der Waals surface area contributed by atoms with Crippen LogP contribution in [-0.4, -0.2) is 74.9 Å². The van der Waals surface area contributed by atoms with Crippen molar-refractivity contribution in [1.29, 1.82) is 15.8 Å². The number of carboxylic acid groups (broad SMARTS) is 1. The van der Waals surface area contributed by atoms with E-state index in [4.69, 9.17) is 64.2 Å². The first-order valence-electron chi connectivity index (χ1n) is 30.6. The van der Waals surface area contributed by atoms with E-state index in [1.54, 1.807) is 104 Å². The van der Waals surface area contributed by atoms with Gasteiger partial charge in [0, 0.05) is 139 Å². The van der Waals surface area contributed by atoms with Gasteiger partial charge in [-0.25, -0.2) is 19.7 Å². The number of aryl methyl sites for hydroxylation is 3. The molecule has 0 spiro atoms. The van der Waals surface area contributed by atoms with Crippen molar-refractivity contribution >= 4 is 115 Å². The number of amides is 2. The van der Waals surface area contributed by atoms with E-state index < -0.39 is 13.1 Å². The van der Waals surface area contributed by atoms with Crippen LogP contribution in [0.4, 0.5) is 21.8 Å². The molecular formula is C74H67Cl4FN18O4. The van der Waals surface area contributed by atoms with Crippen LogP contribution in [0.1, 0.15) is 124 Å². The van der Waals surface area contributed by atoms with Crippen LogP contribution in [0.3, 0.4) is 0 Å². The number of nitrogens with two attached hydrogens (primary N) is 4. The van der Waals surface area contributed by atoms with Gasteiger partial charge in [0.1, 0.15) is 35.7 Å². The first-order chi connectivity index (χ1) is 48.1. The number of alkyl halides is 1. The van der Waals surface area contributed by atoms with Gasteiger partial charge in [0.2, 0.25) is 0 Å². The molecule has 0 bridgehead atoms. The quantitative estimate of drug-likeness (QED) is 0.0531. The van der Waals surface area contributed by atoms with E-state index in [-0.39, 0.29) is 37.2 Å². The van der Waals surface area contributed by atoms with Gasteiger partial charge in [0.05, 0.1) is 62.4 Å². The third-order valence-corrected chi connectivity index (χ3v) is 15.6. The summed E-state index contributed by atoms with van der Waals surface area (Å²) in [7, 11) is -1.00. The molecule has 512 valence electrons. The van der Waals surface area contributed by atoms with Gasteiger partial charge < -0.3 is 38.7 Å². The van der Waals surface area contributed by atoms with Crippen molar-refractivity contribution in [1.82, 2.24) is 55.5 Å². The molecule has 2 amide bonds. The van der Waals surface area contributed by atoms with Crippen LogP contribution in [0.2, 0.25) is 15.1 Å². The Labute approximate surface area is 604 Å². The first-order valence-corrected chi connectivity index (χ1v) is 31.0. The summed E-state index contributed by atoms with van der Waals surface area (Å²) < 4.78 is 15.5. The summed E-state index contributed by atoms with van der Waals surface area (Å²) in [6.07, 6.45) is 15.6. The third kappa shape index (κ3) is 21.6. The minimum Gasteiger partial charge on any atom is -0.478 e. The summed E-state index contributed by atoms with van der Waals surface area (Å²) in [4.78, 5) is 74.1. The fourth-order valence-electron chi connectivity index (χ4n) is 10.1. The van der Waals surface area contributed by atoms with Crippen LogP contribution in [-0.2, 0) is 38.9 Å². The molecule has 12 rings (SSSR count). The minimum atomic E-state index is -1.00. The van der Waals surface area contributed by atoms with Crippen molar-refractivity contribution < 1.29 is 25.3 Å². The normalized spacial score (nSPS) is 10.3. The summed E-state index contributed by atoms with van der Waals surface area (Å²) in [6.45, 7) is 7.04. The van der Waals surface area contributed by atoms with Crippen LogP contribution < -0.4 is 33.6 Å². The van der Waals surface area contributed by atoms with Crippen molar-refractivity contribution in [3.8, 4) is 18.2 Å². The number of halogens is 5. The molecule has 9 heterocycles. The summed E-state index contributed by atoms with van der Waals surface area (Å²) in [5, 5.41) is 47.0. The molecule has 0 aliphatic rings. The molecule has 11 N–H and O–H groups in total. The maximum Gasteiger partial charge on any atom is 0.335 e. The number of pyridine rings is 9. The molecule has 0 aliphatic heterocycles. The van der Waals surface area contributed by atoms with Crippen LogP contribution in [0.5, 0.6) is 0 Å². The van der Waals surface area contributed by atoms with E-state index in [1.807, 2.05) is 45.0 Å². The molecule has 0 saturated carbocycles. The molecule has 0 atom stereocenters. The maximum atomic E-state index is 12.7. The van der Waals surface area contributed by atoms with Gasteiger partial charge in [-0.15, -0.1) is 12.4 Å². The van der Waals surface area contributed by atoms with Crippen molar-refractivity contribution in [3.05, 3.63) is 281 Å². The Morgan fingerprint density at radius 1 is 0.485 bits per heavy atom. The zero-order valence-corrected chi connectivity index (χ0v) is 56.9. The van der Waals surface area contributed by atoms with E-state index in [1.165, 1.54) is 36.9 Å². The minimum absolute atomic E-state index is 0. The molecule has 3 aromatic carbocycles. The number of anilines is 3. The Morgan fingerprint density at radius 2 is 0.792 bits per heavy atom. The lowest BCUT2D eigenvalue weighted by atomic mass is 10.0. The summed E-state index contributed by atoms with van der Waals surface area (Å²) >= 11 is 18.1. The van der Waals surface area contributed by atoms with Crippen LogP contribution in [0, 0.1) is 54.8 Å². The summed E-state index contributed by atoms with van der Waals surface area (Å²) in [5.74, 6) is 0.0232. The largest absolute Gasteiger partial charge is 0.478 e. The molecule has 9 aromatic heterocycles. The SMILES string of the molecule is C.Cc1cc(N)ncc1CN.Cc1cc(N)ncc1CNC(=O)c1ccnc(Cc2cc(C#N)c3ncc(Cl)cc3c2)c1.Cc1cc(N)ncc1CNC(=O)c1ccnc(Cc2cc(C#N)c3ncc(Cl)cc3c2)c1.Cl.N#Cc1cc(Cc2cc(C(=O)O)ccn2)cc2cc(Cl)cnc12.[2H]CF. The number of carboxylic acids is 1. The summed E-state index contributed by atoms with van der Waals surface area (Å²) in [5.41, 5.74) is 37.1. The van der Waals surface area contributed by atoms with E-state index in [2.05, 4.69) is 73.7 Å². The third-order valence-electron chi connectivity index (χ3n) is 15.0. The average Bonchev–Trinajstić information content (AvgIpc) is 0.808. The Hall–Kier alpha value is -11.9. The molecule has 0 fully saturated rings. The highest BCUT2D eigenvalue weighted by Gasteiger charge is 2.15. The predicted molar refractivity (Wildman–Crippen MR) is 394 cm³/mol. The van der Waals surface area contributed by atoms with Gasteiger partial charge in [-0.2, -0.15) is 15.8 Å². The average molecular weight is 1430 g/mol. The molecule has 0 aliphatic carbocycles. The number of rotatable bonds is 14. The molecule has 0 unspecified atom stereocenters. The molecule has 22 nitrogen and oxygen atoms in total. The standard InChI is InChI=1S/2C24H19ClN6O.C17H10ClN3O2.C7H11N3.CH3F.CH4.ClH/c2*1-14-4-22(27)29-11-19(14)12-31-24(32)16-2-3-28-21(9-16)7-15-5-17-8-20(25)13-30-23(17)18(6-15)10-26;18-14-6-12-3-10(4-13(8-19)16(12)21-9-14)5-15-7-11(17(22)23)1-2-20-15;1-5-2-7(9)10-4-6(5)3-8;1-2;;/h2*2-6,8-9,11,13H,7,12H2,1H3,(H2,27,29)(H,31,32);1-4,6-7,9H,5H2,(H,22,23);2,4H,3,8H2,1H3,(H2,9,10);1H3;1H4;1H/i;;;;1D;;. The second-order valence-electron chi connectivity index (χ2n) is 22.1. The van der Waals surface area contributed by atoms with E-state index >= 15 is 0 Å². The van der Waals surface area contributed by atoms with Crippen molar-refractivity contribution in [3.63, 3.8) is 0 Å². The zero-order valence-electron chi connectivity index (χ0n) is 54.8. The van der Waals surface area contributed by atoms with Gasteiger partial charge in [0.25, 0.3) is 11.8 Å². The van der Waals surface area contributed by atoms with Gasteiger partial charge in [0.15, 0.2) is 0 Å². The topological polar surface area (TPSA) is 387 Å². The Bertz CT molecular complexity index is 4960. The van der Waals surface area contributed by atoms with Gasteiger partial charge >= 0.3 is 5.97 Å². The van der Waals surface area contributed by atoms with Gasteiger partial charge in [-0.05, 0) is 180 Å². The van der Waals surface area contributed by atoms with Crippen LogP contribution in [0.15, 0.2) is 165 Å². The second-order valence-corrected chi connectivity index (χ2v) is 23.4. The van der Waals surface area contributed by atoms with Crippen molar-refractivity contribution in [2.75, 3.05) is 24.4 Å². The van der Waals surface area contributed by atoms with E-state index in [0.717, 1.165) is 66.2 Å². The van der Waals surface area contributed by atoms with Crippen molar-refractivity contribution in [2.45, 2.75) is 67.1 Å². The van der Waals surface area contributed by atoms with Gasteiger partial charge in [-0.3, -0.25) is 43.9 Å². The molecule has 0 saturated heterocycles. The highest BCUT2D eigenvalue weighted by atomic mass is 35.5. The number of aromatic carboxylic acids is 1. The second kappa shape index (κ2) is 37.2. The van der Waals surface area contributed by atoms with E-state index in [0.29, 0.717) is 133 Å². The van der Waals surface area contributed by atoms with E-state index in [9.17, 15) is 34.6 Å². The monoisotopic (exact) mass is 1430 g/mol. The Kier molecular flexibility index (Phi) is 28.2. The number of nitriles is 3. The molecule has 27 heteroatoms. The fourth-order valence-corrected chi connectivity index (χ4v) is 10.6. The predicted octanol–water partition coefficient (Wildman–Crippen LogP) is 13.4.